The average molecular weight is 256 g/mol. The topological polar surface area (TPSA) is 35.5 Å². The molecule has 0 aliphatic heterocycles. The van der Waals surface area contributed by atoms with Gasteiger partial charge in [0.05, 0.1) is 7.11 Å². The number of hydrogen-bond acceptors (Lipinski definition) is 3. The molecule has 3 heteroatoms. The van der Waals surface area contributed by atoms with Gasteiger partial charge in [0.25, 0.3) is 0 Å². The van der Waals surface area contributed by atoms with Crippen molar-refractivity contribution in [1.29, 1.82) is 0 Å². The second-order valence-corrected chi connectivity index (χ2v) is 4.20. The lowest BCUT2D eigenvalue weighted by Gasteiger charge is -2.11. The standard InChI is InChI=1S/C16H16O3/c1-12(17)14-8-9-15(18-2)16(10-14)19-11-13-6-4-3-5-7-13/h3-10H,11H2,1-2H3. The molecule has 0 bridgehead atoms. The van der Waals surface area contributed by atoms with E-state index in [4.69, 9.17) is 9.47 Å². The third-order valence-corrected chi connectivity index (χ3v) is 2.81. The molecule has 0 aromatic heterocycles. The molecule has 0 atom stereocenters. The number of carbonyl (C=O) groups is 1. The van der Waals surface area contributed by atoms with Crippen molar-refractivity contribution in [3.63, 3.8) is 0 Å². The van der Waals surface area contributed by atoms with Crippen molar-refractivity contribution in [1.82, 2.24) is 0 Å². The van der Waals surface area contributed by atoms with E-state index in [-0.39, 0.29) is 5.78 Å². The molecule has 2 aromatic rings. The first-order valence-electron chi connectivity index (χ1n) is 6.06. The Balaban J connectivity index is 2.18. The predicted molar refractivity (Wildman–Crippen MR) is 73.8 cm³/mol. The lowest BCUT2D eigenvalue weighted by molar-refractivity contribution is 0.101. The van der Waals surface area contributed by atoms with Crippen LogP contribution in [-0.2, 0) is 6.61 Å². The molecule has 2 aromatic carbocycles. The van der Waals surface area contributed by atoms with Crippen LogP contribution >= 0.6 is 0 Å². The Bertz CT molecular complexity index is 561. The first kappa shape index (κ1) is 13.1. The van der Waals surface area contributed by atoms with Gasteiger partial charge in [0.15, 0.2) is 17.3 Å². The van der Waals surface area contributed by atoms with Gasteiger partial charge in [0.2, 0.25) is 0 Å². The minimum Gasteiger partial charge on any atom is -0.493 e. The van der Waals surface area contributed by atoms with Gasteiger partial charge in [0, 0.05) is 5.56 Å². The summed E-state index contributed by atoms with van der Waals surface area (Å²) in [6.45, 7) is 1.97. The summed E-state index contributed by atoms with van der Waals surface area (Å²) in [6, 6.07) is 15.0. The van der Waals surface area contributed by atoms with Gasteiger partial charge in [-0.05, 0) is 30.7 Å². The van der Waals surface area contributed by atoms with E-state index in [9.17, 15) is 4.79 Å². The molecule has 0 N–H and O–H groups in total. The number of ether oxygens (including phenoxy) is 2. The van der Waals surface area contributed by atoms with Gasteiger partial charge in [0.1, 0.15) is 6.61 Å². The zero-order valence-electron chi connectivity index (χ0n) is 11.1. The molecule has 0 aliphatic carbocycles. The molecule has 3 nitrogen and oxygen atoms in total. The summed E-state index contributed by atoms with van der Waals surface area (Å²) in [5.74, 6) is 1.21. The van der Waals surface area contributed by atoms with Crippen LogP contribution < -0.4 is 9.47 Å². The summed E-state index contributed by atoms with van der Waals surface area (Å²) in [6.07, 6.45) is 0. The van der Waals surface area contributed by atoms with Gasteiger partial charge >= 0.3 is 0 Å². The van der Waals surface area contributed by atoms with Crippen molar-refractivity contribution in [3.05, 3.63) is 59.7 Å². The molecule has 98 valence electrons. The maximum Gasteiger partial charge on any atom is 0.162 e. The van der Waals surface area contributed by atoms with E-state index in [1.54, 1.807) is 25.3 Å². The van der Waals surface area contributed by atoms with Crippen molar-refractivity contribution in [3.8, 4) is 11.5 Å². The van der Waals surface area contributed by atoms with Crippen molar-refractivity contribution in [2.45, 2.75) is 13.5 Å². The fourth-order valence-corrected chi connectivity index (χ4v) is 1.74. The molecular weight excluding hydrogens is 240 g/mol. The molecule has 0 saturated carbocycles. The Morgan fingerprint density at radius 2 is 1.79 bits per heavy atom. The van der Waals surface area contributed by atoms with Gasteiger partial charge in [-0.25, -0.2) is 0 Å². The van der Waals surface area contributed by atoms with E-state index in [1.165, 1.54) is 6.92 Å². The first-order valence-corrected chi connectivity index (χ1v) is 6.06. The van der Waals surface area contributed by atoms with E-state index >= 15 is 0 Å². The number of hydrogen-bond donors (Lipinski definition) is 0. The molecule has 19 heavy (non-hydrogen) atoms. The highest BCUT2D eigenvalue weighted by molar-refractivity contribution is 5.94. The van der Waals surface area contributed by atoms with Gasteiger partial charge in [-0.15, -0.1) is 0 Å². The molecule has 0 heterocycles. The van der Waals surface area contributed by atoms with Crippen LogP contribution in [0.15, 0.2) is 48.5 Å². The van der Waals surface area contributed by atoms with Crippen LogP contribution in [0.5, 0.6) is 11.5 Å². The maximum atomic E-state index is 11.4. The van der Waals surface area contributed by atoms with Gasteiger partial charge in [-0.3, -0.25) is 4.79 Å². The van der Waals surface area contributed by atoms with E-state index < -0.39 is 0 Å². The summed E-state index contributed by atoms with van der Waals surface area (Å²) in [7, 11) is 1.58. The van der Waals surface area contributed by atoms with Crippen LogP contribution in [-0.4, -0.2) is 12.9 Å². The van der Waals surface area contributed by atoms with Gasteiger partial charge in [-0.2, -0.15) is 0 Å². The molecule has 0 fully saturated rings. The average Bonchev–Trinajstić information content (AvgIpc) is 2.45. The largest absolute Gasteiger partial charge is 0.493 e. The first-order chi connectivity index (χ1) is 9.20. The summed E-state index contributed by atoms with van der Waals surface area (Å²) >= 11 is 0. The fraction of sp³-hybridized carbons (Fsp3) is 0.188. The zero-order chi connectivity index (χ0) is 13.7. The maximum absolute atomic E-state index is 11.4. The highest BCUT2D eigenvalue weighted by atomic mass is 16.5. The third-order valence-electron chi connectivity index (χ3n) is 2.81. The number of methoxy groups -OCH3 is 1. The number of carbonyl (C=O) groups excluding carboxylic acids is 1. The molecule has 0 radical (unpaired) electrons. The highest BCUT2D eigenvalue weighted by Gasteiger charge is 2.08. The molecule has 0 saturated heterocycles. The van der Waals surface area contributed by atoms with Crippen molar-refractivity contribution < 1.29 is 14.3 Å². The quantitative estimate of drug-likeness (QED) is 0.768. The number of Topliss-reactive ketones (excluding diaryl/α,β-unsaturated/α-hetero) is 1. The third kappa shape index (κ3) is 3.35. The Morgan fingerprint density at radius 1 is 1.05 bits per heavy atom. The van der Waals surface area contributed by atoms with Crippen LogP contribution in [0.4, 0.5) is 0 Å². The second-order valence-electron chi connectivity index (χ2n) is 4.20. The lowest BCUT2D eigenvalue weighted by atomic mass is 10.1. The van der Waals surface area contributed by atoms with Crippen molar-refractivity contribution in [2.75, 3.05) is 7.11 Å². The normalized spacial score (nSPS) is 10.0. The molecule has 0 amide bonds. The minimum absolute atomic E-state index is 0.00668. The minimum atomic E-state index is 0.00668. The molecule has 2 rings (SSSR count). The second kappa shape index (κ2) is 6.05. The van der Waals surface area contributed by atoms with Crippen LogP contribution in [0.1, 0.15) is 22.8 Å². The molecular formula is C16H16O3. The lowest BCUT2D eigenvalue weighted by Crippen LogP contribution is -2.00. The summed E-state index contributed by atoms with van der Waals surface area (Å²) in [5.41, 5.74) is 1.68. The Labute approximate surface area is 112 Å². The van der Waals surface area contributed by atoms with Crippen molar-refractivity contribution >= 4 is 5.78 Å². The van der Waals surface area contributed by atoms with E-state index in [2.05, 4.69) is 0 Å². The van der Waals surface area contributed by atoms with E-state index in [0.717, 1.165) is 5.56 Å². The highest BCUT2D eigenvalue weighted by Crippen LogP contribution is 2.29. The Morgan fingerprint density at radius 3 is 2.42 bits per heavy atom. The monoisotopic (exact) mass is 256 g/mol. The fourth-order valence-electron chi connectivity index (χ4n) is 1.74. The number of benzene rings is 2. The predicted octanol–water partition coefficient (Wildman–Crippen LogP) is 3.48. The Kier molecular flexibility index (Phi) is 4.18. The molecule has 0 spiro atoms. The van der Waals surface area contributed by atoms with Crippen LogP contribution in [0.3, 0.4) is 0 Å². The molecule has 0 aliphatic rings. The molecule has 0 unspecified atom stereocenters. The summed E-state index contributed by atoms with van der Waals surface area (Å²) in [5, 5.41) is 0. The van der Waals surface area contributed by atoms with Crippen LogP contribution in [0, 0.1) is 0 Å². The smallest absolute Gasteiger partial charge is 0.162 e. The summed E-state index contributed by atoms with van der Waals surface area (Å²) < 4.78 is 11.0. The summed E-state index contributed by atoms with van der Waals surface area (Å²) in [4.78, 5) is 11.4. The zero-order valence-corrected chi connectivity index (χ0v) is 11.1. The van der Waals surface area contributed by atoms with Crippen LogP contribution in [0.25, 0.3) is 0 Å². The van der Waals surface area contributed by atoms with Gasteiger partial charge in [-0.1, -0.05) is 30.3 Å². The SMILES string of the molecule is COc1ccc(C(C)=O)cc1OCc1ccccc1. The number of rotatable bonds is 5. The van der Waals surface area contributed by atoms with Crippen LogP contribution in [0.2, 0.25) is 0 Å². The Hall–Kier alpha value is -2.29. The van der Waals surface area contributed by atoms with E-state index in [1.807, 2.05) is 30.3 Å². The van der Waals surface area contributed by atoms with Crippen molar-refractivity contribution in [2.24, 2.45) is 0 Å². The number of ketones is 1. The van der Waals surface area contributed by atoms with Gasteiger partial charge < -0.3 is 9.47 Å². The van der Waals surface area contributed by atoms with E-state index in [0.29, 0.717) is 23.7 Å².